The maximum Gasteiger partial charge on any atom is 0.274 e. The van der Waals surface area contributed by atoms with E-state index in [1.807, 2.05) is 79.3 Å². The lowest BCUT2D eigenvalue weighted by Gasteiger charge is -2.15. The van der Waals surface area contributed by atoms with Crippen molar-refractivity contribution >= 4 is 5.91 Å². The Balaban J connectivity index is 1.47. The van der Waals surface area contributed by atoms with Crippen molar-refractivity contribution in [3.63, 3.8) is 0 Å². The second kappa shape index (κ2) is 9.14. The number of amides is 1. The van der Waals surface area contributed by atoms with Gasteiger partial charge in [-0.1, -0.05) is 23.4 Å². The third-order valence-electron chi connectivity index (χ3n) is 5.68. The third kappa shape index (κ3) is 4.59. The molecule has 4 rings (SSSR count). The van der Waals surface area contributed by atoms with E-state index in [1.165, 1.54) is 5.56 Å². The number of nitrogens with zero attached hydrogens (tertiary/aromatic N) is 2. The minimum absolute atomic E-state index is 0.205. The molecule has 32 heavy (non-hydrogen) atoms. The number of benzene rings is 2. The first-order chi connectivity index (χ1) is 15.4. The van der Waals surface area contributed by atoms with E-state index in [2.05, 4.69) is 23.5 Å². The number of carbonyl (C=O) groups is 1. The highest BCUT2D eigenvalue weighted by molar-refractivity contribution is 5.94. The zero-order valence-corrected chi connectivity index (χ0v) is 18.8. The lowest BCUT2D eigenvalue weighted by molar-refractivity contribution is 0.0928. The number of rotatable bonds is 7. The molecule has 1 amide bonds. The molecule has 6 heteroatoms. The Labute approximate surface area is 187 Å². The fourth-order valence-electron chi connectivity index (χ4n) is 3.51. The van der Waals surface area contributed by atoms with E-state index < -0.39 is 0 Å². The zero-order valence-electron chi connectivity index (χ0n) is 18.8. The summed E-state index contributed by atoms with van der Waals surface area (Å²) in [7, 11) is 0. The minimum atomic E-state index is -0.292. The predicted octanol–water partition coefficient (Wildman–Crippen LogP) is 5.46. The van der Waals surface area contributed by atoms with Gasteiger partial charge >= 0.3 is 0 Å². The molecule has 1 atom stereocenters. The van der Waals surface area contributed by atoms with E-state index in [0.29, 0.717) is 11.3 Å². The average Bonchev–Trinajstić information content (AvgIpc) is 3.45. The molecule has 6 nitrogen and oxygen atoms in total. The molecule has 0 aliphatic carbocycles. The van der Waals surface area contributed by atoms with Crippen molar-refractivity contribution in [3.8, 4) is 11.4 Å². The molecule has 0 aliphatic heterocycles. The van der Waals surface area contributed by atoms with Crippen LogP contribution in [-0.2, 0) is 6.61 Å². The van der Waals surface area contributed by atoms with Crippen molar-refractivity contribution in [2.75, 3.05) is 0 Å². The van der Waals surface area contributed by atoms with E-state index >= 15 is 0 Å². The molecule has 0 fully saturated rings. The van der Waals surface area contributed by atoms with Crippen molar-refractivity contribution in [2.45, 2.75) is 40.3 Å². The molecule has 4 aromatic rings. The molecule has 1 unspecified atom stereocenters. The summed E-state index contributed by atoms with van der Waals surface area (Å²) in [4.78, 5) is 13.0. The van der Waals surface area contributed by atoms with Crippen molar-refractivity contribution in [1.82, 2.24) is 15.0 Å². The van der Waals surface area contributed by atoms with Gasteiger partial charge in [-0.3, -0.25) is 4.79 Å². The Morgan fingerprint density at radius 1 is 1.06 bits per heavy atom. The number of hydrogen-bond donors (Lipinski definition) is 1. The topological polar surface area (TPSA) is 69.3 Å². The number of nitrogens with one attached hydrogen (secondary N) is 1. The summed E-state index contributed by atoms with van der Waals surface area (Å²) in [5, 5.41) is 7.02. The highest BCUT2D eigenvalue weighted by atomic mass is 16.5. The number of aryl methyl sites for hydroxylation is 3. The highest BCUT2D eigenvalue weighted by Gasteiger charge is 2.22. The van der Waals surface area contributed by atoms with Gasteiger partial charge < -0.3 is 19.1 Å². The van der Waals surface area contributed by atoms with E-state index in [-0.39, 0.29) is 24.2 Å². The molecule has 0 bridgehead atoms. The quantitative estimate of drug-likeness (QED) is 0.423. The van der Waals surface area contributed by atoms with Crippen molar-refractivity contribution < 1.29 is 14.1 Å². The maximum atomic E-state index is 13.0. The summed E-state index contributed by atoms with van der Waals surface area (Å²) in [6.45, 7) is 8.04. The Kier molecular flexibility index (Phi) is 6.12. The monoisotopic (exact) mass is 429 g/mol. The number of hydrogen-bond acceptors (Lipinski definition) is 4. The first-order valence-electron chi connectivity index (χ1n) is 10.6. The first-order valence-corrected chi connectivity index (χ1v) is 10.6. The first kappa shape index (κ1) is 21.4. The molecule has 2 heterocycles. The van der Waals surface area contributed by atoms with Crippen LogP contribution >= 0.6 is 0 Å². The van der Waals surface area contributed by atoms with Gasteiger partial charge in [0.2, 0.25) is 0 Å². The molecule has 2 aromatic carbocycles. The summed E-state index contributed by atoms with van der Waals surface area (Å²) in [6.07, 6.45) is 3.98. The van der Waals surface area contributed by atoms with Gasteiger partial charge in [-0.15, -0.1) is 0 Å². The summed E-state index contributed by atoms with van der Waals surface area (Å²) < 4.78 is 13.3. The Bertz CT molecular complexity index is 1230. The van der Waals surface area contributed by atoms with Crippen molar-refractivity contribution in [1.29, 1.82) is 0 Å². The van der Waals surface area contributed by atoms with Gasteiger partial charge in [-0.05, 0) is 80.8 Å². The summed E-state index contributed by atoms with van der Waals surface area (Å²) in [6, 6.07) is 17.7. The molecule has 0 radical (unpaired) electrons. The zero-order chi connectivity index (χ0) is 22.7. The summed E-state index contributed by atoms with van der Waals surface area (Å²) in [5.74, 6) is 1.02. The molecule has 2 aromatic heterocycles. The van der Waals surface area contributed by atoms with Gasteiger partial charge in [0.25, 0.3) is 5.91 Å². The molecule has 0 saturated heterocycles. The average molecular weight is 430 g/mol. The van der Waals surface area contributed by atoms with Crippen molar-refractivity contribution in [3.05, 3.63) is 101 Å². The number of carbonyl (C=O) groups excluding carboxylic acids is 1. The Morgan fingerprint density at radius 2 is 1.84 bits per heavy atom. The summed E-state index contributed by atoms with van der Waals surface area (Å²) in [5.41, 5.74) is 5.28. The van der Waals surface area contributed by atoms with Crippen LogP contribution in [-0.4, -0.2) is 15.6 Å². The lowest BCUT2D eigenvalue weighted by atomic mass is 10.1. The highest BCUT2D eigenvalue weighted by Crippen LogP contribution is 2.22. The Hall–Kier alpha value is -3.80. The van der Waals surface area contributed by atoms with Gasteiger partial charge in [-0.2, -0.15) is 0 Å². The van der Waals surface area contributed by atoms with E-state index in [4.69, 9.17) is 9.26 Å². The third-order valence-corrected chi connectivity index (χ3v) is 5.68. The standard InChI is InChI=1S/C26H27N3O3/c1-17-10-11-23(14-18(17)2)31-16-24-20(4)32-28-25(24)26(30)27-19(3)21-8-7-9-22(15-21)29-12-5-6-13-29/h5-15,19H,16H2,1-4H3,(H,27,30). The maximum absolute atomic E-state index is 13.0. The molecular formula is C26H27N3O3. The number of aromatic nitrogens is 2. The molecule has 164 valence electrons. The summed E-state index contributed by atoms with van der Waals surface area (Å²) >= 11 is 0. The van der Waals surface area contributed by atoms with Crippen LogP contribution in [0, 0.1) is 20.8 Å². The van der Waals surface area contributed by atoms with Crippen LogP contribution in [0.4, 0.5) is 0 Å². The van der Waals surface area contributed by atoms with Gasteiger partial charge in [0.05, 0.1) is 11.6 Å². The fourth-order valence-corrected chi connectivity index (χ4v) is 3.51. The largest absolute Gasteiger partial charge is 0.489 e. The second-order valence-corrected chi connectivity index (χ2v) is 7.98. The Morgan fingerprint density at radius 3 is 2.59 bits per heavy atom. The van der Waals surface area contributed by atoms with Crippen LogP contribution in [0.3, 0.4) is 0 Å². The minimum Gasteiger partial charge on any atom is -0.489 e. The van der Waals surface area contributed by atoms with Crippen LogP contribution in [0.1, 0.15) is 51.5 Å². The fraction of sp³-hybridized carbons (Fsp3) is 0.231. The molecular weight excluding hydrogens is 402 g/mol. The van der Waals surface area contributed by atoms with E-state index in [1.54, 1.807) is 6.92 Å². The smallest absolute Gasteiger partial charge is 0.274 e. The van der Waals surface area contributed by atoms with Gasteiger partial charge in [0, 0.05) is 18.1 Å². The second-order valence-electron chi connectivity index (χ2n) is 7.98. The molecule has 0 spiro atoms. The van der Waals surface area contributed by atoms with Gasteiger partial charge in [-0.25, -0.2) is 0 Å². The van der Waals surface area contributed by atoms with Crippen molar-refractivity contribution in [2.24, 2.45) is 0 Å². The van der Waals surface area contributed by atoms with E-state index in [0.717, 1.165) is 22.6 Å². The van der Waals surface area contributed by atoms with Gasteiger partial charge in [0.1, 0.15) is 18.1 Å². The van der Waals surface area contributed by atoms with Crippen LogP contribution in [0.15, 0.2) is 71.5 Å². The molecule has 1 N–H and O–H groups in total. The van der Waals surface area contributed by atoms with Crippen LogP contribution in [0.25, 0.3) is 5.69 Å². The predicted molar refractivity (Wildman–Crippen MR) is 123 cm³/mol. The van der Waals surface area contributed by atoms with E-state index in [9.17, 15) is 4.79 Å². The van der Waals surface area contributed by atoms with Crippen LogP contribution in [0.5, 0.6) is 5.75 Å². The van der Waals surface area contributed by atoms with Crippen LogP contribution < -0.4 is 10.1 Å². The normalized spacial score (nSPS) is 11.9. The SMILES string of the molecule is Cc1ccc(OCc2c(C(=O)NC(C)c3cccc(-n4cccc4)c3)noc2C)cc1C. The molecule has 0 saturated carbocycles. The van der Waals surface area contributed by atoms with Crippen LogP contribution in [0.2, 0.25) is 0 Å². The molecule has 0 aliphatic rings. The van der Waals surface area contributed by atoms with Gasteiger partial charge in [0.15, 0.2) is 5.69 Å². The number of ether oxygens (including phenoxy) is 1. The lowest BCUT2D eigenvalue weighted by Crippen LogP contribution is -2.28.